The molecule has 4 rings (SSSR count). The van der Waals surface area contributed by atoms with Gasteiger partial charge in [-0.15, -0.1) is 0 Å². The minimum absolute atomic E-state index is 0.171. The Bertz CT molecular complexity index is 1020. The summed E-state index contributed by atoms with van der Waals surface area (Å²) < 4.78 is 10.6. The summed E-state index contributed by atoms with van der Waals surface area (Å²) in [5.41, 5.74) is 3.16. The lowest BCUT2D eigenvalue weighted by molar-refractivity contribution is 0.0933. The fourth-order valence-electron chi connectivity index (χ4n) is 4.03. The predicted octanol–water partition coefficient (Wildman–Crippen LogP) is 4.00. The second-order valence-corrected chi connectivity index (χ2v) is 8.01. The summed E-state index contributed by atoms with van der Waals surface area (Å²) in [6, 6.07) is 3.63. The summed E-state index contributed by atoms with van der Waals surface area (Å²) >= 11 is 0. The maximum Gasteiger partial charge on any atom is 0.273 e. The lowest BCUT2D eigenvalue weighted by Crippen LogP contribution is -2.31. The molecule has 1 aliphatic rings. The Kier molecular flexibility index (Phi) is 5.92. The Morgan fingerprint density at radius 1 is 1.13 bits per heavy atom. The van der Waals surface area contributed by atoms with Crippen molar-refractivity contribution in [2.24, 2.45) is 5.92 Å². The number of hydrogen-bond acceptors (Lipinski definition) is 7. The highest BCUT2D eigenvalue weighted by molar-refractivity contribution is 5.92. The van der Waals surface area contributed by atoms with E-state index < -0.39 is 0 Å². The first-order valence-corrected chi connectivity index (χ1v) is 10.5. The number of aromatic nitrogens is 4. The van der Waals surface area contributed by atoms with Crippen LogP contribution in [0.5, 0.6) is 0 Å². The maximum absolute atomic E-state index is 12.3. The fourth-order valence-corrected chi connectivity index (χ4v) is 4.03. The molecule has 1 saturated carbocycles. The molecule has 3 aromatic heterocycles. The molecule has 0 spiro atoms. The highest BCUT2D eigenvalue weighted by atomic mass is 16.5. The van der Waals surface area contributed by atoms with Gasteiger partial charge in [0.25, 0.3) is 5.91 Å². The van der Waals surface area contributed by atoms with Gasteiger partial charge in [-0.05, 0) is 45.4 Å². The minimum Gasteiger partial charge on any atom is -0.361 e. The lowest BCUT2D eigenvalue weighted by atomic mass is 9.79. The van der Waals surface area contributed by atoms with Gasteiger partial charge in [0.2, 0.25) is 0 Å². The van der Waals surface area contributed by atoms with Gasteiger partial charge in [-0.25, -0.2) is 9.97 Å². The van der Waals surface area contributed by atoms with Gasteiger partial charge >= 0.3 is 0 Å². The van der Waals surface area contributed by atoms with Gasteiger partial charge in [-0.3, -0.25) is 4.79 Å². The molecular weight excluding hydrogens is 382 g/mol. The number of aryl methyl sites for hydroxylation is 3. The molecule has 0 aromatic carbocycles. The van der Waals surface area contributed by atoms with Crippen LogP contribution in [0.3, 0.4) is 0 Å². The average Bonchev–Trinajstić information content (AvgIpc) is 3.41. The van der Waals surface area contributed by atoms with E-state index in [9.17, 15) is 4.79 Å². The Morgan fingerprint density at radius 3 is 2.60 bits per heavy atom. The highest BCUT2D eigenvalue weighted by Crippen LogP contribution is 2.38. The first-order valence-electron chi connectivity index (χ1n) is 10.5. The lowest BCUT2D eigenvalue weighted by Gasteiger charge is -2.29. The Morgan fingerprint density at radius 2 is 1.93 bits per heavy atom. The molecule has 30 heavy (non-hydrogen) atoms. The molecule has 0 radical (unpaired) electrons. The number of hydrogen-bond donors (Lipinski definition) is 1. The second-order valence-electron chi connectivity index (χ2n) is 8.01. The standard InChI is InChI=1S/C22H27N5O3/c1-4-17-10-19(27-29-17)22(28)24-11-15-5-7-16(8-6-15)21-18(12-23-14(3)25-21)20-9-13(2)26-30-20/h9-10,12,15-16H,4-8,11H2,1-3H3,(H,24,28). The zero-order valence-electron chi connectivity index (χ0n) is 17.6. The molecule has 0 saturated heterocycles. The van der Waals surface area contributed by atoms with Crippen molar-refractivity contribution in [2.45, 2.75) is 58.8 Å². The van der Waals surface area contributed by atoms with Crippen LogP contribution in [0.25, 0.3) is 11.3 Å². The monoisotopic (exact) mass is 409 g/mol. The first kappa shape index (κ1) is 20.3. The summed E-state index contributed by atoms with van der Waals surface area (Å²) in [6.45, 7) is 6.43. The maximum atomic E-state index is 12.3. The van der Waals surface area contributed by atoms with Crippen molar-refractivity contribution in [2.75, 3.05) is 6.54 Å². The van der Waals surface area contributed by atoms with Crippen LogP contribution in [0, 0.1) is 19.8 Å². The third-order valence-corrected chi connectivity index (χ3v) is 5.76. The summed E-state index contributed by atoms with van der Waals surface area (Å²) in [7, 11) is 0. The van der Waals surface area contributed by atoms with Crippen LogP contribution in [0.2, 0.25) is 0 Å². The Labute approximate surface area is 175 Å². The molecular formula is C22H27N5O3. The van der Waals surface area contributed by atoms with Gasteiger partial charge in [0.05, 0.1) is 17.0 Å². The number of carbonyl (C=O) groups is 1. The molecule has 1 fully saturated rings. The van der Waals surface area contributed by atoms with Gasteiger partial charge in [0.15, 0.2) is 11.5 Å². The first-order chi connectivity index (χ1) is 14.5. The van der Waals surface area contributed by atoms with Crippen LogP contribution in [0.1, 0.15) is 72.0 Å². The van der Waals surface area contributed by atoms with Crippen LogP contribution in [-0.4, -0.2) is 32.7 Å². The van der Waals surface area contributed by atoms with Crippen molar-refractivity contribution in [3.05, 3.63) is 47.0 Å². The van der Waals surface area contributed by atoms with Crippen molar-refractivity contribution in [3.8, 4) is 11.3 Å². The van der Waals surface area contributed by atoms with Crippen molar-refractivity contribution >= 4 is 5.91 Å². The molecule has 158 valence electrons. The number of rotatable bonds is 6. The third kappa shape index (κ3) is 4.42. The van der Waals surface area contributed by atoms with Crippen LogP contribution >= 0.6 is 0 Å². The zero-order valence-corrected chi connectivity index (χ0v) is 17.6. The number of nitrogens with zero attached hydrogens (tertiary/aromatic N) is 4. The summed E-state index contributed by atoms with van der Waals surface area (Å²) in [6.07, 6.45) is 6.65. The number of carbonyl (C=O) groups excluding carboxylic acids is 1. The van der Waals surface area contributed by atoms with Crippen molar-refractivity contribution in [1.29, 1.82) is 0 Å². The zero-order chi connectivity index (χ0) is 21.1. The summed E-state index contributed by atoms with van der Waals surface area (Å²) in [4.78, 5) is 21.4. The third-order valence-electron chi connectivity index (χ3n) is 5.76. The van der Waals surface area contributed by atoms with E-state index >= 15 is 0 Å². The largest absolute Gasteiger partial charge is 0.361 e. The van der Waals surface area contributed by atoms with Crippen LogP contribution in [0.15, 0.2) is 27.4 Å². The molecule has 1 amide bonds. The van der Waals surface area contributed by atoms with Gasteiger partial charge in [0.1, 0.15) is 11.6 Å². The molecule has 0 unspecified atom stereocenters. The van der Waals surface area contributed by atoms with E-state index in [1.807, 2.05) is 33.0 Å². The van der Waals surface area contributed by atoms with E-state index in [1.54, 1.807) is 6.07 Å². The molecule has 3 heterocycles. The molecule has 1 N–H and O–H groups in total. The van der Waals surface area contributed by atoms with E-state index in [0.29, 0.717) is 24.1 Å². The Hall–Kier alpha value is -3.03. The van der Waals surface area contributed by atoms with E-state index in [-0.39, 0.29) is 5.91 Å². The second kappa shape index (κ2) is 8.77. The van der Waals surface area contributed by atoms with E-state index in [0.717, 1.165) is 66.4 Å². The minimum atomic E-state index is -0.171. The SMILES string of the molecule is CCc1cc(C(=O)NCC2CCC(c3nc(C)ncc3-c3cc(C)no3)CC2)no1. The van der Waals surface area contributed by atoms with Crippen LogP contribution < -0.4 is 5.32 Å². The number of amides is 1. The van der Waals surface area contributed by atoms with Crippen molar-refractivity contribution in [3.63, 3.8) is 0 Å². The summed E-state index contributed by atoms with van der Waals surface area (Å²) in [5.74, 6) is 2.83. The van der Waals surface area contributed by atoms with Crippen molar-refractivity contribution in [1.82, 2.24) is 25.6 Å². The summed E-state index contributed by atoms with van der Waals surface area (Å²) in [5, 5.41) is 10.8. The van der Waals surface area contributed by atoms with Crippen molar-refractivity contribution < 1.29 is 13.8 Å². The van der Waals surface area contributed by atoms with E-state index in [2.05, 4.69) is 20.6 Å². The molecule has 8 heteroatoms. The smallest absolute Gasteiger partial charge is 0.273 e. The van der Waals surface area contributed by atoms with Crippen LogP contribution in [0.4, 0.5) is 0 Å². The number of nitrogens with one attached hydrogen (secondary N) is 1. The van der Waals surface area contributed by atoms with Gasteiger partial charge in [0, 0.05) is 37.2 Å². The molecule has 0 bridgehead atoms. The van der Waals surface area contributed by atoms with Crippen LogP contribution in [-0.2, 0) is 6.42 Å². The fraction of sp³-hybridized carbons (Fsp3) is 0.500. The normalized spacial score (nSPS) is 19.0. The van der Waals surface area contributed by atoms with Gasteiger partial charge in [-0.1, -0.05) is 17.2 Å². The molecule has 3 aromatic rings. The molecule has 1 aliphatic carbocycles. The molecule has 0 aliphatic heterocycles. The van der Waals surface area contributed by atoms with E-state index in [4.69, 9.17) is 14.0 Å². The van der Waals surface area contributed by atoms with Gasteiger partial charge < -0.3 is 14.4 Å². The topological polar surface area (TPSA) is 107 Å². The predicted molar refractivity (Wildman–Crippen MR) is 110 cm³/mol. The molecule has 0 atom stereocenters. The van der Waals surface area contributed by atoms with E-state index in [1.165, 1.54) is 0 Å². The quantitative estimate of drug-likeness (QED) is 0.655. The highest BCUT2D eigenvalue weighted by Gasteiger charge is 2.27. The van der Waals surface area contributed by atoms with Gasteiger partial charge in [-0.2, -0.15) is 0 Å². The molecule has 8 nitrogen and oxygen atoms in total. The average molecular weight is 409 g/mol. The Balaban J connectivity index is 1.37.